The molecule has 2 rings (SSSR count). The lowest BCUT2D eigenvalue weighted by molar-refractivity contribution is -0.143. The van der Waals surface area contributed by atoms with Gasteiger partial charge in [0.2, 0.25) is 0 Å². The molecule has 1 aromatic rings. The van der Waals surface area contributed by atoms with Gasteiger partial charge in [-0.15, -0.1) is 0 Å². The van der Waals surface area contributed by atoms with Crippen LogP contribution in [0.25, 0.3) is 0 Å². The van der Waals surface area contributed by atoms with Gasteiger partial charge in [-0.2, -0.15) is 26.3 Å². The van der Waals surface area contributed by atoms with Gasteiger partial charge in [-0.3, -0.25) is 0 Å². The number of epoxide rings is 1. The molecule has 1 heterocycles. The molecule has 106 valence electrons. The predicted molar refractivity (Wildman–Crippen MR) is 51.7 cm³/mol. The third kappa shape index (κ3) is 3.76. The smallest absolute Gasteiger partial charge is 0.416 e. The highest BCUT2D eigenvalue weighted by molar-refractivity contribution is 5.37. The van der Waals surface area contributed by atoms with Crippen molar-refractivity contribution < 1.29 is 35.8 Å². The fraction of sp³-hybridized carbons (Fsp3) is 0.455. The Labute approximate surface area is 103 Å². The van der Waals surface area contributed by atoms with Crippen LogP contribution in [0.1, 0.15) is 11.1 Å². The normalized spacial score (nSPS) is 19.4. The second kappa shape index (κ2) is 4.59. The lowest BCUT2D eigenvalue weighted by Gasteiger charge is -2.14. The van der Waals surface area contributed by atoms with Crippen LogP contribution in [0.3, 0.4) is 0 Å². The van der Waals surface area contributed by atoms with Crippen molar-refractivity contribution in [1.29, 1.82) is 0 Å². The van der Waals surface area contributed by atoms with Crippen LogP contribution in [-0.4, -0.2) is 19.3 Å². The molecule has 0 aliphatic carbocycles. The van der Waals surface area contributed by atoms with E-state index in [9.17, 15) is 26.3 Å². The molecule has 8 heteroatoms. The summed E-state index contributed by atoms with van der Waals surface area (Å²) in [5.74, 6) is -0.474. The number of benzene rings is 1. The minimum atomic E-state index is -4.87. The molecular weight excluding hydrogens is 278 g/mol. The maximum absolute atomic E-state index is 12.5. The summed E-state index contributed by atoms with van der Waals surface area (Å²) in [4.78, 5) is 0. The van der Waals surface area contributed by atoms with Crippen molar-refractivity contribution in [2.75, 3.05) is 13.2 Å². The Morgan fingerprint density at radius 1 is 1.00 bits per heavy atom. The summed E-state index contributed by atoms with van der Waals surface area (Å²) in [6, 6.07) is 1.13. The zero-order valence-electron chi connectivity index (χ0n) is 9.31. The average molecular weight is 286 g/mol. The lowest BCUT2D eigenvalue weighted by Crippen LogP contribution is -2.12. The SMILES string of the molecule is FC(F)(F)c1cc(OCC2CO2)cc(C(F)(F)F)c1. The largest absolute Gasteiger partial charge is 0.491 e. The molecule has 1 saturated heterocycles. The van der Waals surface area contributed by atoms with E-state index in [1.54, 1.807) is 0 Å². The van der Waals surface area contributed by atoms with Crippen molar-refractivity contribution in [3.8, 4) is 5.75 Å². The molecule has 1 unspecified atom stereocenters. The van der Waals surface area contributed by atoms with E-state index in [4.69, 9.17) is 9.47 Å². The first-order valence-electron chi connectivity index (χ1n) is 5.20. The number of alkyl halides is 6. The van der Waals surface area contributed by atoms with Gasteiger partial charge in [-0.05, 0) is 18.2 Å². The van der Waals surface area contributed by atoms with Gasteiger partial charge in [0, 0.05) is 0 Å². The van der Waals surface area contributed by atoms with Crippen molar-refractivity contribution in [3.05, 3.63) is 29.3 Å². The zero-order chi connectivity index (χ0) is 14.3. The summed E-state index contributed by atoms with van der Waals surface area (Å²) in [6.45, 7) is 0.323. The van der Waals surface area contributed by atoms with E-state index in [2.05, 4.69) is 0 Å². The maximum atomic E-state index is 12.5. The highest BCUT2D eigenvalue weighted by Gasteiger charge is 2.37. The predicted octanol–water partition coefficient (Wildman–Crippen LogP) is 3.50. The highest BCUT2D eigenvalue weighted by Crippen LogP contribution is 2.38. The number of hydrogen-bond acceptors (Lipinski definition) is 2. The molecule has 0 aromatic heterocycles. The van der Waals surface area contributed by atoms with Crippen molar-refractivity contribution >= 4 is 0 Å². The van der Waals surface area contributed by atoms with Crippen LogP contribution < -0.4 is 4.74 Å². The first kappa shape index (κ1) is 14.0. The molecule has 1 aliphatic rings. The lowest BCUT2D eigenvalue weighted by atomic mass is 10.1. The second-order valence-electron chi connectivity index (χ2n) is 4.01. The van der Waals surface area contributed by atoms with E-state index in [0.29, 0.717) is 18.7 Å². The van der Waals surface area contributed by atoms with Crippen LogP contribution >= 0.6 is 0 Å². The fourth-order valence-corrected chi connectivity index (χ4v) is 1.36. The van der Waals surface area contributed by atoms with Crippen molar-refractivity contribution in [1.82, 2.24) is 0 Å². The van der Waals surface area contributed by atoms with Gasteiger partial charge in [0.25, 0.3) is 0 Å². The highest BCUT2D eigenvalue weighted by atomic mass is 19.4. The third-order valence-corrected chi connectivity index (χ3v) is 2.40. The topological polar surface area (TPSA) is 21.8 Å². The first-order chi connectivity index (χ1) is 8.66. The van der Waals surface area contributed by atoms with Gasteiger partial charge in [0.15, 0.2) is 0 Å². The van der Waals surface area contributed by atoms with E-state index in [1.807, 2.05) is 0 Å². The molecule has 0 radical (unpaired) electrons. The van der Waals surface area contributed by atoms with E-state index in [-0.39, 0.29) is 18.8 Å². The van der Waals surface area contributed by atoms with Crippen LogP contribution in [-0.2, 0) is 17.1 Å². The van der Waals surface area contributed by atoms with Gasteiger partial charge in [-0.1, -0.05) is 0 Å². The summed E-state index contributed by atoms with van der Waals surface area (Å²) in [7, 11) is 0. The summed E-state index contributed by atoms with van der Waals surface area (Å²) in [5, 5.41) is 0. The average Bonchev–Trinajstić information content (AvgIpc) is 3.07. The quantitative estimate of drug-likeness (QED) is 0.626. The van der Waals surface area contributed by atoms with Crippen molar-refractivity contribution in [3.63, 3.8) is 0 Å². The monoisotopic (exact) mass is 286 g/mol. The minimum Gasteiger partial charge on any atom is -0.491 e. The Bertz CT molecular complexity index is 429. The standard InChI is InChI=1S/C11H8F6O2/c12-10(13,14)6-1-7(11(15,16)17)3-8(2-6)18-4-9-5-19-9/h1-3,9H,4-5H2. The molecule has 2 nitrogen and oxygen atoms in total. The third-order valence-electron chi connectivity index (χ3n) is 2.40. The Balaban J connectivity index is 2.30. The molecule has 0 amide bonds. The van der Waals surface area contributed by atoms with Crippen LogP contribution in [0.2, 0.25) is 0 Å². The van der Waals surface area contributed by atoms with Crippen molar-refractivity contribution in [2.45, 2.75) is 18.5 Å². The number of hydrogen-bond donors (Lipinski definition) is 0. The van der Waals surface area contributed by atoms with Crippen LogP contribution in [0, 0.1) is 0 Å². The molecule has 0 bridgehead atoms. The Hall–Kier alpha value is -1.44. The second-order valence-corrected chi connectivity index (χ2v) is 4.01. The molecule has 19 heavy (non-hydrogen) atoms. The first-order valence-corrected chi connectivity index (χ1v) is 5.20. The summed E-state index contributed by atoms with van der Waals surface area (Å²) >= 11 is 0. The van der Waals surface area contributed by atoms with Gasteiger partial charge in [-0.25, -0.2) is 0 Å². The molecule has 1 fully saturated rings. The molecular formula is C11H8F6O2. The molecule has 0 saturated carbocycles. The van der Waals surface area contributed by atoms with Gasteiger partial charge < -0.3 is 9.47 Å². The van der Waals surface area contributed by atoms with Gasteiger partial charge >= 0.3 is 12.4 Å². The molecule has 1 atom stereocenters. The van der Waals surface area contributed by atoms with E-state index in [1.165, 1.54) is 0 Å². The molecule has 0 spiro atoms. The fourth-order valence-electron chi connectivity index (χ4n) is 1.36. The maximum Gasteiger partial charge on any atom is 0.416 e. The molecule has 1 aromatic carbocycles. The minimum absolute atomic E-state index is 0.0560. The Morgan fingerprint density at radius 3 is 1.84 bits per heavy atom. The number of halogens is 6. The van der Waals surface area contributed by atoms with E-state index >= 15 is 0 Å². The number of ether oxygens (including phenoxy) is 2. The summed E-state index contributed by atoms with van der Waals surface area (Å²) in [6.07, 6.45) is -9.99. The summed E-state index contributed by atoms with van der Waals surface area (Å²) < 4.78 is 84.6. The Kier molecular flexibility index (Phi) is 3.38. The van der Waals surface area contributed by atoms with E-state index in [0.717, 1.165) is 0 Å². The van der Waals surface area contributed by atoms with Crippen LogP contribution in [0.5, 0.6) is 5.75 Å². The van der Waals surface area contributed by atoms with Gasteiger partial charge in [0.05, 0.1) is 17.7 Å². The molecule has 0 N–H and O–H groups in total. The number of rotatable bonds is 3. The Morgan fingerprint density at radius 2 is 1.47 bits per heavy atom. The zero-order valence-corrected chi connectivity index (χ0v) is 9.31. The van der Waals surface area contributed by atoms with Crippen molar-refractivity contribution in [2.24, 2.45) is 0 Å². The van der Waals surface area contributed by atoms with E-state index < -0.39 is 29.2 Å². The summed E-state index contributed by atoms with van der Waals surface area (Å²) in [5.41, 5.74) is -2.79. The van der Waals surface area contributed by atoms with Crippen LogP contribution in [0.15, 0.2) is 18.2 Å². The molecule has 1 aliphatic heterocycles. The van der Waals surface area contributed by atoms with Gasteiger partial charge in [0.1, 0.15) is 18.5 Å². The van der Waals surface area contributed by atoms with Crippen LogP contribution in [0.4, 0.5) is 26.3 Å².